The van der Waals surface area contributed by atoms with Gasteiger partial charge in [-0.15, -0.1) is 0 Å². The van der Waals surface area contributed by atoms with Crippen LogP contribution in [0.25, 0.3) is 0 Å². The van der Waals surface area contributed by atoms with E-state index in [2.05, 4.69) is 40.3 Å². The van der Waals surface area contributed by atoms with Gasteiger partial charge in [-0.05, 0) is 54.8 Å². The minimum Gasteiger partial charge on any atom is -0.351 e. The number of halogens is 1. The molecule has 3 nitrogen and oxygen atoms in total. The van der Waals surface area contributed by atoms with Gasteiger partial charge < -0.3 is 9.88 Å². The van der Waals surface area contributed by atoms with E-state index in [-0.39, 0.29) is 17.7 Å². The van der Waals surface area contributed by atoms with Crippen LogP contribution in [0.2, 0.25) is 5.02 Å². The van der Waals surface area contributed by atoms with Crippen molar-refractivity contribution in [2.45, 2.75) is 25.3 Å². The average Bonchev–Trinajstić information content (AvgIpc) is 3.04. The Balaban J connectivity index is 1.68. The van der Waals surface area contributed by atoms with E-state index in [1.165, 1.54) is 11.3 Å². The molecule has 1 aliphatic rings. The fraction of sp³-hybridized carbons (Fsp3) is 0.227. The molecule has 0 aliphatic carbocycles. The van der Waals surface area contributed by atoms with Crippen molar-refractivity contribution in [3.05, 3.63) is 89.2 Å². The molecule has 0 bridgehead atoms. The molecule has 3 aromatic rings. The van der Waals surface area contributed by atoms with Crippen LogP contribution in [0.4, 0.5) is 5.69 Å². The third kappa shape index (κ3) is 3.40. The number of nitrogens with zero attached hydrogens (tertiary/aromatic N) is 1. The molecule has 4 heteroatoms. The molecule has 132 valence electrons. The van der Waals surface area contributed by atoms with Gasteiger partial charge in [-0.3, -0.25) is 4.79 Å². The lowest BCUT2D eigenvalue weighted by Crippen LogP contribution is -2.28. The van der Waals surface area contributed by atoms with Gasteiger partial charge >= 0.3 is 0 Å². The summed E-state index contributed by atoms with van der Waals surface area (Å²) in [6, 6.07) is 21.8. The molecule has 0 spiro atoms. The van der Waals surface area contributed by atoms with Crippen LogP contribution in [0.3, 0.4) is 0 Å². The number of hydrogen-bond donors (Lipinski definition) is 1. The van der Waals surface area contributed by atoms with E-state index in [1.54, 1.807) is 12.1 Å². The predicted molar refractivity (Wildman–Crippen MR) is 106 cm³/mol. The summed E-state index contributed by atoms with van der Waals surface area (Å²) < 4.78 is 2.28. The predicted octanol–water partition coefficient (Wildman–Crippen LogP) is 5.32. The molecule has 0 saturated carbocycles. The first-order valence-electron chi connectivity index (χ1n) is 8.99. The van der Waals surface area contributed by atoms with E-state index in [0.29, 0.717) is 5.02 Å². The fourth-order valence-corrected chi connectivity index (χ4v) is 4.01. The van der Waals surface area contributed by atoms with Gasteiger partial charge in [-0.1, -0.05) is 41.9 Å². The Morgan fingerprint density at radius 3 is 2.54 bits per heavy atom. The van der Waals surface area contributed by atoms with Crippen LogP contribution in [0.15, 0.2) is 72.9 Å². The van der Waals surface area contributed by atoms with Crippen LogP contribution in [-0.4, -0.2) is 10.5 Å². The van der Waals surface area contributed by atoms with Gasteiger partial charge in [-0.2, -0.15) is 0 Å². The number of aryl methyl sites for hydroxylation is 1. The Morgan fingerprint density at radius 2 is 1.77 bits per heavy atom. The molecule has 1 N–H and O–H groups in total. The number of rotatable bonds is 3. The molecular formula is C22H21ClN2O. The largest absolute Gasteiger partial charge is 0.351 e. The van der Waals surface area contributed by atoms with Crippen molar-refractivity contribution in [3.8, 4) is 0 Å². The Morgan fingerprint density at radius 1 is 1.00 bits per heavy atom. The minimum absolute atomic E-state index is 0.0565. The molecule has 2 heterocycles. The smallest absolute Gasteiger partial charge is 0.228 e. The molecule has 1 aliphatic heterocycles. The lowest BCUT2D eigenvalue weighted by atomic mass is 9.81. The van der Waals surface area contributed by atoms with Crippen molar-refractivity contribution in [2.75, 3.05) is 5.32 Å². The van der Waals surface area contributed by atoms with E-state index in [4.69, 9.17) is 11.6 Å². The van der Waals surface area contributed by atoms with Gasteiger partial charge in [0.05, 0.1) is 5.92 Å². The molecule has 26 heavy (non-hydrogen) atoms. The molecule has 1 aromatic heterocycles. The SMILES string of the molecule is O=C(Nc1ccc(Cl)cc1)[C@@H]1CCCn2cccc2[C@@H]1c1ccccc1. The summed E-state index contributed by atoms with van der Waals surface area (Å²) in [5, 5.41) is 3.75. The lowest BCUT2D eigenvalue weighted by Gasteiger charge is -2.25. The van der Waals surface area contributed by atoms with Crippen LogP contribution in [0.1, 0.15) is 30.0 Å². The van der Waals surface area contributed by atoms with Crippen LogP contribution in [0.5, 0.6) is 0 Å². The van der Waals surface area contributed by atoms with Gasteiger partial charge in [-0.25, -0.2) is 0 Å². The first kappa shape index (κ1) is 16.9. The number of hydrogen-bond acceptors (Lipinski definition) is 1. The van der Waals surface area contributed by atoms with E-state index in [1.807, 2.05) is 30.3 Å². The van der Waals surface area contributed by atoms with Crippen molar-refractivity contribution >= 4 is 23.2 Å². The number of nitrogens with one attached hydrogen (secondary N) is 1. The van der Waals surface area contributed by atoms with Crippen molar-refractivity contribution in [1.29, 1.82) is 0 Å². The maximum atomic E-state index is 13.2. The van der Waals surface area contributed by atoms with E-state index >= 15 is 0 Å². The molecule has 0 unspecified atom stereocenters. The Hall–Kier alpha value is -2.52. The number of anilines is 1. The zero-order valence-electron chi connectivity index (χ0n) is 14.4. The van der Waals surface area contributed by atoms with E-state index in [0.717, 1.165) is 25.1 Å². The summed E-state index contributed by atoms with van der Waals surface area (Å²) in [4.78, 5) is 13.2. The summed E-state index contributed by atoms with van der Waals surface area (Å²) in [6.45, 7) is 0.955. The van der Waals surface area contributed by atoms with Crippen molar-refractivity contribution < 1.29 is 4.79 Å². The minimum atomic E-state index is -0.107. The molecular weight excluding hydrogens is 344 g/mol. The second kappa shape index (κ2) is 7.38. The van der Waals surface area contributed by atoms with Crippen LogP contribution in [-0.2, 0) is 11.3 Å². The van der Waals surface area contributed by atoms with Gasteiger partial charge in [0.2, 0.25) is 5.91 Å². The average molecular weight is 365 g/mol. The van der Waals surface area contributed by atoms with Crippen LogP contribution in [0, 0.1) is 5.92 Å². The van der Waals surface area contributed by atoms with Gasteiger partial charge in [0.1, 0.15) is 0 Å². The molecule has 1 amide bonds. The van der Waals surface area contributed by atoms with Gasteiger partial charge in [0, 0.05) is 35.1 Å². The Labute approximate surface area is 158 Å². The zero-order chi connectivity index (χ0) is 17.9. The summed E-state index contributed by atoms with van der Waals surface area (Å²) in [6.07, 6.45) is 3.97. The van der Waals surface area contributed by atoms with Gasteiger partial charge in [0.25, 0.3) is 0 Å². The Kier molecular flexibility index (Phi) is 4.81. The molecule has 2 atom stereocenters. The van der Waals surface area contributed by atoms with E-state index < -0.39 is 0 Å². The number of benzene rings is 2. The third-order valence-corrected chi connectivity index (χ3v) is 5.36. The lowest BCUT2D eigenvalue weighted by molar-refractivity contribution is -0.120. The first-order valence-corrected chi connectivity index (χ1v) is 9.36. The number of fused-ring (bicyclic) bond motifs is 1. The van der Waals surface area contributed by atoms with E-state index in [9.17, 15) is 4.79 Å². The van der Waals surface area contributed by atoms with Crippen molar-refractivity contribution in [2.24, 2.45) is 5.92 Å². The highest BCUT2D eigenvalue weighted by Gasteiger charge is 2.34. The van der Waals surface area contributed by atoms with Crippen LogP contribution >= 0.6 is 11.6 Å². The summed E-state index contributed by atoms with van der Waals surface area (Å²) in [7, 11) is 0. The fourth-order valence-electron chi connectivity index (χ4n) is 3.88. The van der Waals surface area contributed by atoms with Crippen molar-refractivity contribution in [3.63, 3.8) is 0 Å². The molecule has 2 aromatic carbocycles. The van der Waals surface area contributed by atoms with Crippen molar-refractivity contribution in [1.82, 2.24) is 4.57 Å². The zero-order valence-corrected chi connectivity index (χ0v) is 15.2. The number of amides is 1. The quantitative estimate of drug-likeness (QED) is 0.670. The topological polar surface area (TPSA) is 34.0 Å². The highest BCUT2D eigenvalue weighted by Crippen LogP contribution is 2.38. The number of carbonyl (C=O) groups is 1. The number of carbonyl (C=O) groups excluding carboxylic acids is 1. The molecule has 0 saturated heterocycles. The summed E-state index contributed by atoms with van der Waals surface area (Å²) in [5.41, 5.74) is 3.18. The van der Waals surface area contributed by atoms with Crippen LogP contribution < -0.4 is 5.32 Å². The third-order valence-electron chi connectivity index (χ3n) is 5.11. The maximum Gasteiger partial charge on any atom is 0.228 e. The second-order valence-electron chi connectivity index (χ2n) is 6.76. The second-order valence-corrected chi connectivity index (χ2v) is 7.20. The maximum absolute atomic E-state index is 13.2. The normalized spacial score (nSPS) is 19.4. The Bertz CT molecular complexity index is 886. The first-order chi connectivity index (χ1) is 12.7. The molecule has 0 fully saturated rings. The monoisotopic (exact) mass is 364 g/mol. The number of aromatic nitrogens is 1. The molecule has 0 radical (unpaired) electrons. The summed E-state index contributed by atoms with van der Waals surface area (Å²) >= 11 is 5.95. The highest BCUT2D eigenvalue weighted by atomic mass is 35.5. The summed E-state index contributed by atoms with van der Waals surface area (Å²) in [5.74, 6) is 0.0149. The van der Waals surface area contributed by atoms with Gasteiger partial charge in [0.15, 0.2) is 0 Å². The highest BCUT2D eigenvalue weighted by molar-refractivity contribution is 6.30. The molecule has 4 rings (SSSR count). The standard InChI is InChI=1S/C22H21ClN2O/c23-17-10-12-18(13-11-17)24-22(26)19-8-4-14-25-15-5-9-20(25)21(19)16-6-2-1-3-7-16/h1-3,5-7,9-13,15,19,21H,4,8,14H2,(H,24,26)/t19-,21-/m1/s1.